The van der Waals surface area contributed by atoms with E-state index in [1.807, 2.05) is 6.08 Å². The molecule has 3 amide bonds. The lowest BCUT2D eigenvalue weighted by Crippen LogP contribution is -2.47. The van der Waals surface area contributed by atoms with Gasteiger partial charge in [-0.25, -0.2) is 22.0 Å². The number of hydrogen-bond acceptors (Lipinski definition) is 5. The minimum absolute atomic E-state index is 0.00535. The number of carbonyl (C=O) groups excluding carboxylic acids is 2. The van der Waals surface area contributed by atoms with Gasteiger partial charge in [-0.1, -0.05) is 6.08 Å². The Labute approximate surface area is 188 Å². The molecule has 0 radical (unpaired) electrons. The Morgan fingerprint density at radius 1 is 1.27 bits per heavy atom. The van der Waals surface area contributed by atoms with Crippen molar-refractivity contribution in [3.63, 3.8) is 0 Å². The van der Waals surface area contributed by atoms with Gasteiger partial charge in [-0.3, -0.25) is 9.78 Å². The van der Waals surface area contributed by atoms with E-state index in [9.17, 15) is 26.8 Å². The van der Waals surface area contributed by atoms with Gasteiger partial charge in [0.25, 0.3) is 0 Å². The fraction of sp³-hybridized carbons (Fsp3) is 0.318. The predicted molar refractivity (Wildman–Crippen MR) is 115 cm³/mol. The number of anilines is 1. The van der Waals surface area contributed by atoms with Gasteiger partial charge < -0.3 is 15.1 Å². The summed E-state index contributed by atoms with van der Waals surface area (Å²) in [5, 5.41) is 2.50. The monoisotopic (exact) mass is 474 g/mol. The minimum Gasteiger partial charge on any atom is -0.334 e. The van der Waals surface area contributed by atoms with Gasteiger partial charge in [0, 0.05) is 36.7 Å². The molecule has 2 aliphatic heterocycles. The average Bonchev–Trinajstić information content (AvgIpc) is 3.38. The number of sulfone groups is 1. The van der Waals surface area contributed by atoms with Crippen molar-refractivity contribution in [2.24, 2.45) is 5.92 Å². The van der Waals surface area contributed by atoms with Crippen molar-refractivity contribution in [1.29, 1.82) is 0 Å². The third kappa shape index (κ3) is 3.75. The number of likely N-dealkylation sites (tertiary alicyclic amines) is 1. The molecule has 1 fully saturated rings. The number of pyridine rings is 1. The second kappa shape index (κ2) is 7.62. The van der Waals surface area contributed by atoms with Crippen molar-refractivity contribution in [3.8, 4) is 0 Å². The fourth-order valence-corrected chi connectivity index (χ4v) is 5.29. The highest BCUT2D eigenvalue weighted by atomic mass is 32.2. The van der Waals surface area contributed by atoms with Gasteiger partial charge in [0.1, 0.15) is 6.54 Å². The molecule has 2 aromatic rings. The zero-order chi connectivity index (χ0) is 23.5. The molecule has 5 rings (SSSR count). The normalized spacial score (nSPS) is 21.7. The first kappa shape index (κ1) is 21.5. The van der Waals surface area contributed by atoms with E-state index in [4.69, 9.17) is 0 Å². The van der Waals surface area contributed by atoms with Crippen LogP contribution in [-0.2, 0) is 21.2 Å². The second-order valence-electron chi connectivity index (χ2n) is 8.52. The molecular weight excluding hydrogens is 454 g/mol. The Hall–Kier alpha value is -3.34. The van der Waals surface area contributed by atoms with Gasteiger partial charge >= 0.3 is 6.03 Å². The maximum absolute atomic E-state index is 14.2. The van der Waals surface area contributed by atoms with Crippen molar-refractivity contribution in [2.75, 3.05) is 24.7 Å². The van der Waals surface area contributed by atoms with E-state index in [0.717, 1.165) is 22.8 Å². The molecule has 1 N–H and O–H groups in total. The van der Waals surface area contributed by atoms with Crippen LogP contribution in [0.4, 0.5) is 19.3 Å². The summed E-state index contributed by atoms with van der Waals surface area (Å²) in [4.78, 5) is 32.3. The zero-order valence-electron chi connectivity index (χ0n) is 17.6. The van der Waals surface area contributed by atoms with E-state index in [0.29, 0.717) is 18.5 Å². The summed E-state index contributed by atoms with van der Waals surface area (Å²) in [6, 6.07) is 3.09. The van der Waals surface area contributed by atoms with Gasteiger partial charge in [0.05, 0.1) is 23.2 Å². The maximum Gasteiger partial charge on any atom is 0.322 e. The number of halogens is 2. The molecule has 3 aliphatic rings. The number of nitrogens with zero attached hydrogens (tertiary/aromatic N) is 3. The number of urea groups is 1. The number of rotatable bonds is 4. The van der Waals surface area contributed by atoms with Gasteiger partial charge in [-0.05, 0) is 35.8 Å². The molecule has 33 heavy (non-hydrogen) atoms. The molecule has 1 aromatic heterocycles. The number of hydrogen-bond donors (Lipinski definition) is 1. The molecule has 8 nitrogen and oxygen atoms in total. The molecule has 1 saturated heterocycles. The average molecular weight is 474 g/mol. The Bertz CT molecular complexity index is 1330. The number of carbonyl (C=O) groups is 2. The highest BCUT2D eigenvalue weighted by Gasteiger charge is 2.42. The van der Waals surface area contributed by atoms with E-state index in [1.165, 1.54) is 12.3 Å². The Kier molecular flexibility index (Phi) is 4.96. The van der Waals surface area contributed by atoms with Crippen LogP contribution in [0.5, 0.6) is 0 Å². The van der Waals surface area contributed by atoms with Crippen LogP contribution >= 0.6 is 0 Å². The summed E-state index contributed by atoms with van der Waals surface area (Å²) in [5.41, 5.74) is 1.86. The summed E-state index contributed by atoms with van der Waals surface area (Å²) in [6.07, 6.45) is 6.66. The molecule has 2 atom stereocenters. The quantitative estimate of drug-likeness (QED) is 0.734. The van der Waals surface area contributed by atoms with Crippen LogP contribution in [0.25, 0.3) is 5.57 Å². The lowest BCUT2D eigenvalue weighted by atomic mass is 9.96. The Balaban J connectivity index is 1.31. The molecule has 3 heterocycles. The van der Waals surface area contributed by atoms with Crippen LogP contribution in [0.2, 0.25) is 0 Å². The van der Waals surface area contributed by atoms with Crippen LogP contribution < -0.4 is 5.32 Å². The SMILES string of the molecule is CS(=O)(=O)c1cncc(C2=C[C@@H]3C[C@H]2CN3C(=O)CN2Cc3c(ccc(F)c3F)NC2=O)c1. The molecule has 0 saturated carbocycles. The first-order chi connectivity index (χ1) is 15.6. The van der Waals surface area contributed by atoms with Crippen molar-refractivity contribution in [3.05, 3.63) is 59.4 Å². The van der Waals surface area contributed by atoms with E-state index in [1.54, 1.807) is 17.2 Å². The highest BCUT2D eigenvalue weighted by Crippen LogP contribution is 2.42. The van der Waals surface area contributed by atoms with E-state index in [2.05, 4.69) is 10.3 Å². The van der Waals surface area contributed by atoms with Crippen LogP contribution in [0.3, 0.4) is 0 Å². The Morgan fingerprint density at radius 2 is 2.06 bits per heavy atom. The maximum atomic E-state index is 14.2. The van der Waals surface area contributed by atoms with Gasteiger partial charge in [0.15, 0.2) is 21.5 Å². The molecule has 11 heteroatoms. The fourth-order valence-electron chi connectivity index (χ4n) is 4.69. The molecule has 0 spiro atoms. The van der Waals surface area contributed by atoms with Crippen molar-refractivity contribution in [2.45, 2.75) is 23.9 Å². The highest BCUT2D eigenvalue weighted by molar-refractivity contribution is 7.90. The number of fused-ring (bicyclic) bond motifs is 3. The summed E-state index contributed by atoms with van der Waals surface area (Å²) < 4.78 is 51.4. The van der Waals surface area contributed by atoms with Gasteiger partial charge in [-0.15, -0.1) is 0 Å². The zero-order valence-corrected chi connectivity index (χ0v) is 18.4. The Morgan fingerprint density at radius 3 is 2.76 bits per heavy atom. The minimum atomic E-state index is -3.39. The summed E-state index contributed by atoms with van der Waals surface area (Å²) in [5.74, 6) is -2.32. The summed E-state index contributed by atoms with van der Waals surface area (Å²) in [7, 11) is -3.39. The van der Waals surface area contributed by atoms with Crippen molar-refractivity contribution >= 4 is 33.0 Å². The first-order valence-electron chi connectivity index (χ1n) is 10.3. The topological polar surface area (TPSA) is 99.7 Å². The van der Waals surface area contributed by atoms with Crippen molar-refractivity contribution in [1.82, 2.24) is 14.8 Å². The number of aromatic nitrogens is 1. The number of nitrogens with one attached hydrogen (secondary N) is 1. The van der Waals surface area contributed by atoms with Crippen LogP contribution in [-0.4, -0.2) is 60.5 Å². The number of benzene rings is 1. The predicted octanol–water partition coefficient (Wildman–Crippen LogP) is 2.43. The van der Waals surface area contributed by atoms with Crippen LogP contribution in [0.15, 0.2) is 41.6 Å². The van der Waals surface area contributed by atoms with Gasteiger partial charge in [-0.2, -0.15) is 0 Å². The molecule has 2 bridgehead atoms. The molecule has 1 aliphatic carbocycles. The largest absolute Gasteiger partial charge is 0.334 e. The number of amides is 3. The van der Waals surface area contributed by atoms with E-state index in [-0.39, 0.29) is 47.1 Å². The third-order valence-electron chi connectivity index (χ3n) is 6.35. The molecule has 1 aromatic carbocycles. The van der Waals surface area contributed by atoms with Crippen molar-refractivity contribution < 1.29 is 26.8 Å². The lowest BCUT2D eigenvalue weighted by Gasteiger charge is -2.32. The summed E-state index contributed by atoms with van der Waals surface area (Å²) in [6.45, 7) is -0.0459. The third-order valence-corrected chi connectivity index (χ3v) is 7.43. The second-order valence-corrected chi connectivity index (χ2v) is 10.5. The van der Waals surface area contributed by atoms with E-state index >= 15 is 0 Å². The van der Waals surface area contributed by atoms with Crippen LogP contribution in [0.1, 0.15) is 17.5 Å². The van der Waals surface area contributed by atoms with Gasteiger partial charge in [0.2, 0.25) is 5.91 Å². The van der Waals surface area contributed by atoms with E-state index < -0.39 is 27.5 Å². The molecule has 172 valence electrons. The molecule has 0 unspecified atom stereocenters. The standard InChI is InChI=1S/C22H20F2N4O4S/c1-33(31,32)15-5-12(7-25-8-15)16-6-14-4-13(16)9-28(14)20(29)11-27-10-17-19(26-22(27)30)3-2-18(23)21(17)24/h2-3,5-8,13-14H,4,9-11H2,1H3,(H,26,30)/t13-,14-/m0/s1. The molecular formula is C22H20F2N4O4S. The summed E-state index contributed by atoms with van der Waals surface area (Å²) >= 11 is 0. The first-order valence-corrected chi connectivity index (χ1v) is 12.2. The smallest absolute Gasteiger partial charge is 0.322 e. The van der Waals surface area contributed by atoms with Crippen LogP contribution in [0, 0.1) is 17.6 Å². The lowest BCUT2D eigenvalue weighted by molar-refractivity contribution is -0.132.